The van der Waals surface area contributed by atoms with E-state index in [1.165, 1.54) is 0 Å². The van der Waals surface area contributed by atoms with E-state index in [1.54, 1.807) is 24.3 Å². The van der Waals surface area contributed by atoms with Crippen molar-refractivity contribution < 1.29 is 14.7 Å². The molecule has 0 unspecified atom stereocenters. The molecule has 0 saturated heterocycles. The molecule has 0 saturated carbocycles. The van der Waals surface area contributed by atoms with Gasteiger partial charge in [0.1, 0.15) is 6.04 Å². The van der Waals surface area contributed by atoms with E-state index in [0.717, 1.165) is 0 Å². The van der Waals surface area contributed by atoms with E-state index in [-0.39, 0.29) is 11.5 Å². The number of halogens is 1. The maximum Gasteiger partial charge on any atom is 0.326 e. The third-order valence-corrected chi connectivity index (χ3v) is 2.76. The first kappa shape index (κ1) is 14.5. The minimum Gasteiger partial charge on any atom is -0.480 e. The third-order valence-electron chi connectivity index (χ3n) is 2.43. The van der Waals surface area contributed by atoms with Crippen LogP contribution in [-0.4, -0.2) is 23.0 Å². The second kappa shape index (κ2) is 6.40. The first-order valence-electron chi connectivity index (χ1n) is 5.70. The highest BCUT2D eigenvalue weighted by atomic mass is 35.5. The van der Waals surface area contributed by atoms with Crippen LogP contribution in [-0.2, 0) is 4.79 Å². The molecule has 98 valence electrons. The summed E-state index contributed by atoms with van der Waals surface area (Å²) in [4.78, 5) is 22.9. The van der Waals surface area contributed by atoms with E-state index in [4.69, 9.17) is 16.7 Å². The van der Waals surface area contributed by atoms with Crippen LogP contribution in [0.15, 0.2) is 24.3 Å². The number of carbonyl (C=O) groups is 2. The van der Waals surface area contributed by atoms with Gasteiger partial charge < -0.3 is 10.4 Å². The predicted molar refractivity (Wildman–Crippen MR) is 69.8 cm³/mol. The fourth-order valence-corrected chi connectivity index (χ4v) is 1.80. The van der Waals surface area contributed by atoms with E-state index >= 15 is 0 Å². The Morgan fingerprint density at radius 3 is 2.44 bits per heavy atom. The van der Waals surface area contributed by atoms with Crippen molar-refractivity contribution in [2.45, 2.75) is 26.3 Å². The van der Waals surface area contributed by atoms with Crippen LogP contribution < -0.4 is 5.32 Å². The average molecular weight is 270 g/mol. The lowest BCUT2D eigenvalue weighted by molar-refractivity contribution is -0.139. The van der Waals surface area contributed by atoms with Crippen molar-refractivity contribution >= 4 is 23.5 Å². The molecule has 1 atom stereocenters. The number of hydrogen-bond donors (Lipinski definition) is 2. The van der Waals surface area contributed by atoms with Gasteiger partial charge in [0.15, 0.2) is 0 Å². The molecule has 1 aromatic rings. The van der Waals surface area contributed by atoms with Gasteiger partial charge >= 0.3 is 5.97 Å². The average Bonchev–Trinajstić information content (AvgIpc) is 2.27. The fraction of sp³-hybridized carbons (Fsp3) is 0.385. The maximum absolute atomic E-state index is 11.9. The standard InChI is InChI=1S/C13H16ClNO3/c1-8(2)7-11(13(17)18)15-12(16)9-5-3-4-6-10(9)14/h3-6,8,11H,7H2,1-2H3,(H,15,16)(H,17,18)/t11-/m1/s1. The highest BCUT2D eigenvalue weighted by Gasteiger charge is 2.22. The van der Waals surface area contributed by atoms with Crippen LogP contribution in [0.25, 0.3) is 0 Å². The van der Waals surface area contributed by atoms with Gasteiger partial charge in [0.2, 0.25) is 0 Å². The largest absolute Gasteiger partial charge is 0.480 e. The number of carbonyl (C=O) groups excluding carboxylic acids is 1. The van der Waals surface area contributed by atoms with Gasteiger partial charge in [0, 0.05) is 0 Å². The number of rotatable bonds is 5. The van der Waals surface area contributed by atoms with Gasteiger partial charge in [-0.05, 0) is 24.5 Å². The Kier molecular flexibility index (Phi) is 5.16. The van der Waals surface area contributed by atoms with Crippen LogP contribution in [0.4, 0.5) is 0 Å². The van der Waals surface area contributed by atoms with Crippen molar-refractivity contribution in [1.29, 1.82) is 0 Å². The van der Waals surface area contributed by atoms with Crippen molar-refractivity contribution in [3.8, 4) is 0 Å². The normalized spacial score (nSPS) is 12.2. The number of hydrogen-bond acceptors (Lipinski definition) is 2. The molecule has 0 aliphatic rings. The van der Waals surface area contributed by atoms with Gasteiger partial charge in [-0.1, -0.05) is 37.6 Å². The Balaban J connectivity index is 2.79. The summed E-state index contributed by atoms with van der Waals surface area (Å²) < 4.78 is 0. The molecule has 0 radical (unpaired) electrons. The summed E-state index contributed by atoms with van der Waals surface area (Å²) in [7, 11) is 0. The summed E-state index contributed by atoms with van der Waals surface area (Å²) in [6, 6.07) is 5.65. The van der Waals surface area contributed by atoms with E-state index in [1.807, 2.05) is 13.8 Å². The molecule has 1 amide bonds. The number of aliphatic carboxylic acids is 1. The van der Waals surface area contributed by atoms with Crippen LogP contribution >= 0.6 is 11.6 Å². The van der Waals surface area contributed by atoms with Crippen LogP contribution in [0, 0.1) is 5.92 Å². The number of carboxylic acid groups (broad SMARTS) is 1. The smallest absolute Gasteiger partial charge is 0.326 e. The number of nitrogens with one attached hydrogen (secondary N) is 1. The van der Waals surface area contributed by atoms with Gasteiger partial charge in [0.25, 0.3) is 5.91 Å². The van der Waals surface area contributed by atoms with E-state index in [0.29, 0.717) is 11.4 Å². The molecular weight excluding hydrogens is 254 g/mol. The Bertz CT molecular complexity index is 446. The van der Waals surface area contributed by atoms with Gasteiger partial charge in [-0.15, -0.1) is 0 Å². The molecule has 0 aliphatic heterocycles. The maximum atomic E-state index is 11.9. The second-order valence-electron chi connectivity index (χ2n) is 4.47. The van der Waals surface area contributed by atoms with Crippen molar-refractivity contribution in [3.05, 3.63) is 34.9 Å². The lowest BCUT2D eigenvalue weighted by Gasteiger charge is -2.16. The van der Waals surface area contributed by atoms with Gasteiger partial charge in [0.05, 0.1) is 10.6 Å². The quantitative estimate of drug-likeness (QED) is 0.863. The van der Waals surface area contributed by atoms with Crippen LogP contribution in [0.3, 0.4) is 0 Å². The molecule has 0 fully saturated rings. The third kappa shape index (κ3) is 4.04. The van der Waals surface area contributed by atoms with Crippen LogP contribution in [0.1, 0.15) is 30.6 Å². The lowest BCUT2D eigenvalue weighted by atomic mass is 10.0. The molecule has 18 heavy (non-hydrogen) atoms. The molecule has 0 aromatic heterocycles. The van der Waals surface area contributed by atoms with Crippen molar-refractivity contribution in [3.63, 3.8) is 0 Å². The molecule has 1 rings (SSSR count). The van der Waals surface area contributed by atoms with Gasteiger partial charge in [-0.2, -0.15) is 0 Å². The molecule has 5 heteroatoms. The Hall–Kier alpha value is -1.55. The summed E-state index contributed by atoms with van der Waals surface area (Å²) in [5.74, 6) is -1.32. The Morgan fingerprint density at radius 2 is 1.94 bits per heavy atom. The molecule has 0 aliphatic carbocycles. The van der Waals surface area contributed by atoms with Crippen LogP contribution in [0.5, 0.6) is 0 Å². The Morgan fingerprint density at radius 1 is 1.33 bits per heavy atom. The molecule has 0 spiro atoms. The van der Waals surface area contributed by atoms with Crippen molar-refractivity contribution in [2.75, 3.05) is 0 Å². The summed E-state index contributed by atoms with van der Waals surface area (Å²) in [5.41, 5.74) is 0.286. The van der Waals surface area contributed by atoms with E-state index < -0.39 is 17.9 Å². The molecule has 0 bridgehead atoms. The number of amides is 1. The summed E-state index contributed by atoms with van der Waals surface area (Å²) in [6.07, 6.45) is 0.380. The first-order valence-corrected chi connectivity index (χ1v) is 6.07. The highest BCUT2D eigenvalue weighted by Crippen LogP contribution is 2.15. The van der Waals surface area contributed by atoms with E-state index in [2.05, 4.69) is 5.32 Å². The first-order chi connectivity index (χ1) is 8.41. The van der Waals surface area contributed by atoms with Gasteiger partial charge in [-0.3, -0.25) is 4.79 Å². The van der Waals surface area contributed by atoms with Crippen molar-refractivity contribution in [2.24, 2.45) is 5.92 Å². The summed E-state index contributed by atoms with van der Waals surface area (Å²) in [5, 5.41) is 11.8. The zero-order valence-electron chi connectivity index (χ0n) is 10.3. The van der Waals surface area contributed by atoms with E-state index in [9.17, 15) is 9.59 Å². The highest BCUT2D eigenvalue weighted by molar-refractivity contribution is 6.33. The number of benzene rings is 1. The second-order valence-corrected chi connectivity index (χ2v) is 4.88. The minimum absolute atomic E-state index is 0.178. The SMILES string of the molecule is CC(C)C[C@@H](NC(=O)c1ccccc1Cl)C(=O)O. The lowest BCUT2D eigenvalue weighted by Crippen LogP contribution is -2.41. The van der Waals surface area contributed by atoms with Gasteiger partial charge in [-0.25, -0.2) is 4.79 Å². The monoisotopic (exact) mass is 269 g/mol. The topological polar surface area (TPSA) is 66.4 Å². The fourth-order valence-electron chi connectivity index (χ4n) is 1.57. The van der Waals surface area contributed by atoms with Crippen LogP contribution in [0.2, 0.25) is 5.02 Å². The summed E-state index contributed by atoms with van der Waals surface area (Å²) >= 11 is 5.88. The number of carboxylic acids is 1. The predicted octanol–water partition coefficient (Wildman–Crippen LogP) is 2.57. The Labute approximate surface area is 111 Å². The minimum atomic E-state index is -1.04. The molecular formula is C13H16ClNO3. The molecule has 2 N–H and O–H groups in total. The molecule has 1 aromatic carbocycles. The zero-order chi connectivity index (χ0) is 13.7. The molecule has 0 heterocycles. The summed E-state index contributed by atoms with van der Waals surface area (Å²) in [6.45, 7) is 3.80. The van der Waals surface area contributed by atoms with Crippen molar-refractivity contribution in [1.82, 2.24) is 5.32 Å². The molecule has 4 nitrogen and oxygen atoms in total. The zero-order valence-corrected chi connectivity index (χ0v) is 11.1.